The lowest BCUT2D eigenvalue weighted by Crippen LogP contribution is -2.18. The van der Waals surface area contributed by atoms with Crippen molar-refractivity contribution in [2.24, 2.45) is 0 Å². The number of phenols is 1. The van der Waals surface area contributed by atoms with Crippen LogP contribution >= 0.6 is 0 Å². The van der Waals surface area contributed by atoms with Gasteiger partial charge in [0.2, 0.25) is 0 Å². The first-order chi connectivity index (χ1) is 11.8. The summed E-state index contributed by atoms with van der Waals surface area (Å²) in [5, 5.41) is 10.1. The molecule has 0 unspecified atom stereocenters. The van der Waals surface area contributed by atoms with Crippen molar-refractivity contribution in [3.05, 3.63) is 65.2 Å². The predicted octanol–water partition coefficient (Wildman–Crippen LogP) is 4.24. The fourth-order valence-corrected chi connectivity index (χ4v) is 2.80. The third-order valence-corrected chi connectivity index (χ3v) is 4.47. The molecular weight excluding hydrogens is 316 g/mol. The van der Waals surface area contributed by atoms with Crippen molar-refractivity contribution in [2.45, 2.75) is 38.5 Å². The number of esters is 1. The van der Waals surface area contributed by atoms with Gasteiger partial charge in [0.05, 0.1) is 12.7 Å². The number of benzene rings is 2. The van der Waals surface area contributed by atoms with E-state index < -0.39 is 0 Å². The molecule has 0 atom stereocenters. The van der Waals surface area contributed by atoms with Gasteiger partial charge in [-0.05, 0) is 36.0 Å². The molecule has 0 saturated heterocycles. The van der Waals surface area contributed by atoms with E-state index in [-0.39, 0.29) is 22.9 Å². The van der Waals surface area contributed by atoms with E-state index in [0.717, 1.165) is 12.0 Å². The van der Waals surface area contributed by atoms with E-state index in [4.69, 9.17) is 0 Å². The van der Waals surface area contributed by atoms with Crippen LogP contribution in [0.1, 0.15) is 54.6 Å². The van der Waals surface area contributed by atoms with Crippen LogP contribution in [0, 0.1) is 0 Å². The van der Waals surface area contributed by atoms with Crippen molar-refractivity contribution in [3.8, 4) is 5.75 Å². The van der Waals surface area contributed by atoms with Crippen molar-refractivity contribution in [1.82, 2.24) is 0 Å². The third kappa shape index (κ3) is 4.69. The van der Waals surface area contributed by atoms with Crippen molar-refractivity contribution in [2.75, 3.05) is 7.11 Å². The molecule has 4 nitrogen and oxygen atoms in total. The molecule has 1 N–H and O–H groups in total. The van der Waals surface area contributed by atoms with E-state index in [1.165, 1.54) is 7.11 Å². The Labute approximate surface area is 148 Å². The quantitative estimate of drug-likeness (QED) is 0.605. The zero-order valence-corrected chi connectivity index (χ0v) is 14.9. The molecule has 0 fully saturated rings. The molecule has 25 heavy (non-hydrogen) atoms. The number of ether oxygens (including phenoxy) is 1. The Kier molecular flexibility index (Phi) is 5.97. The van der Waals surface area contributed by atoms with Gasteiger partial charge in [-0.3, -0.25) is 9.59 Å². The average Bonchev–Trinajstić information content (AvgIpc) is 2.61. The highest BCUT2D eigenvalue weighted by molar-refractivity contribution is 6.10. The summed E-state index contributed by atoms with van der Waals surface area (Å²) in [6.07, 6.45) is 1.84. The second kappa shape index (κ2) is 7.97. The molecule has 132 valence electrons. The van der Waals surface area contributed by atoms with Crippen LogP contribution in [0.15, 0.2) is 48.5 Å². The van der Waals surface area contributed by atoms with Crippen molar-refractivity contribution in [1.29, 1.82) is 0 Å². The summed E-state index contributed by atoms with van der Waals surface area (Å²) in [5.74, 6) is -0.449. The molecule has 0 aliphatic heterocycles. The van der Waals surface area contributed by atoms with Gasteiger partial charge in [-0.1, -0.05) is 50.2 Å². The Morgan fingerprint density at radius 1 is 1.08 bits per heavy atom. The molecule has 2 aromatic rings. The lowest BCUT2D eigenvalue weighted by atomic mass is 9.79. The maximum atomic E-state index is 12.7. The molecule has 0 aliphatic rings. The van der Waals surface area contributed by atoms with Gasteiger partial charge in [0.15, 0.2) is 5.78 Å². The smallest absolute Gasteiger partial charge is 0.305 e. The molecule has 2 rings (SSSR count). The predicted molar refractivity (Wildman–Crippen MR) is 96.9 cm³/mol. The Bertz CT molecular complexity index is 748. The van der Waals surface area contributed by atoms with Crippen LogP contribution in [-0.4, -0.2) is 24.0 Å². The monoisotopic (exact) mass is 340 g/mol. The molecule has 0 bridgehead atoms. The Hall–Kier alpha value is -2.62. The number of hydrogen-bond acceptors (Lipinski definition) is 4. The van der Waals surface area contributed by atoms with Gasteiger partial charge in [-0.25, -0.2) is 0 Å². The topological polar surface area (TPSA) is 63.6 Å². The van der Waals surface area contributed by atoms with Crippen LogP contribution in [0.4, 0.5) is 0 Å². The van der Waals surface area contributed by atoms with Gasteiger partial charge >= 0.3 is 5.97 Å². The molecule has 0 aliphatic carbocycles. The highest BCUT2D eigenvalue weighted by Gasteiger charge is 2.23. The summed E-state index contributed by atoms with van der Waals surface area (Å²) >= 11 is 0. The van der Waals surface area contributed by atoms with Gasteiger partial charge < -0.3 is 9.84 Å². The van der Waals surface area contributed by atoms with Crippen LogP contribution in [0.2, 0.25) is 0 Å². The summed E-state index contributed by atoms with van der Waals surface area (Å²) in [5.41, 5.74) is 1.56. The number of hydrogen-bond donors (Lipinski definition) is 1. The van der Waals surface area contributed by atoms with Crippen LogP contribution < -0.4 is 0 Å². The normalized spacial score (nSPS) is 11.2. The van der Waals surface area contributed by atoms with E-state index in [1.54, 1.807) is 36.4 Å². The van der Waals surface area contributed by atoms with E-state index in [9.17, 15) is 14.7 Å². The number of phenolic OH excluding ortho intramolecular Hbond substituents is 1. The van der Waals surface area contributed by atoms with E-state index in [0.29, 0.717) is 24.0 Å². The van der Waals surface area contributed by atoms with Crippen LogP contribution in [0.3, 0.4) is 0 Å². The van der Waals surface area contributed by atoms with E-state index in [2.05, 4.69) is 18.6 Å². The van der Waals surface area contributed by atoms with Crippen LogP contribution in [0.25, 0.3) is 0 Å². The Morgan fingerprint density at radius 3 is 2.40 bits per heavy atom. The lowest BCUT2D eigenvalue weighted by Gasteiger charge is -2.26. The average molecular weight is 340 g/mol. The molecule has 0 radical (unpaired) electrons. The van der Waals surface area contributed by atoms with Crippen LogP contribution in [0.5, 0.6) is 5.75 Å². The highest BCUT2D eigenvalue weighted by atomic mass is 16.5. The minimum absolute atomic E-state index is 0.0250. The molecule has 0 aromatic heterocycles. The fraction of sp³-hybridized carbons (Fsp3) is 0.333. The molecule has 0 saturated carbocycles. The maximum absolute atomic E-state index is 12.7. The van der Waals surface area contributed by atoms with Crippen LogP contribution in [-0.2, 0) is 14.9 Å². The first-order valence-electron chi connectivity index (χ1n) is 8.35. The highest BCUT2D eigenvalue weighted by Crippen LogP contribution is 2.33. The van der Waals surface area contributed by atoms with Gasteiger partial charge in [0.25, 0.3) is 0 Å². The number of carbonyl (C=O) groups excluding carboxylic acids is 2. The van der Waals surface area contributed by atoms with Gasteiger partial charge in [-0.2, -0.15) is 0 Å². The third-order valence-electron chi connectivity index (χ3n) is 4.47. The number of methoxy groups -OCH3 is 1. The summed E-state index contributed by atoms with van der Waals surface area (Å²) in [6.45, 7) is 4.13. The molecule has 0 heterocycles. The fourth-order valence-electron chi connectivity index (χ4n) is 2.80. The second-order valence-electron chi connectivity index (χ2n) is 6.74. The summed E-state index contributed by atoms with van der Waals surface area (Å²) in [7, 11) is 1.38. The largest absolute Gasteiger partial charge is 0.507 e. The number of aromatic hydroxyl groups is 1. The zero-order valence-electron chi connectivity index (χ0n) is 14.9. The molecule has 0 spiro atoms. The maximum Gasteiger partial charge on any atom is 0.305 e. The number of rotatable bonds is 7. The van der Waals surface area contributed by atoms with Gasteiger partial charge in [-0.15, -0.1) is 0 Å². The summed E-state index contributed by atoms with van der Waals surface area (Å²) in [4.78, 5) is 23.9. The first kappa shape index (κ1) is 18.7. The standard InChI is InChI=1S/C21H24O4/c1-21(2,13-7-10-19(23)25-3)16-11-12-18(22)17(14-16)20(24)15-8-5-4-6-9-15/h4-6,8-9,11-12,14,22H,7,10,13H2,1-3H3. The molecule has 0 amide bonds. The molecule has 2 aromatic carbocycles. The Morgan fingerprint density at radius 2 is 1.76 bits per heavy atom. The first-order valence-corrected chi connectivity index (χ1v) is 8.35. The molecule has 4 heteroatoms. The minimum atomic E-state index is -0.229. The van der Waals surface area contributed by atoms with Gasteiger partial charge in [0.1, 0.15) is 5.75 Å². The molecular formula is C21H24O4. The second-order valence-corrected chi connectivity index (χ2v) is 6.74. The Balaban J connectivity index is 2.22. The summed E-state index contributed by atoms with van der Waals surface area (Å²) in [6, 6.07) is 14.0. The van der Waals surface area contributed by atoms with E-state index in [1.807, 2.05) is 12.1 Å². The van der Waals surface area contributed by atoms with Crippen molar-refractivity contribution < 1.29 is 19.4 Å². The SMILES string of the molecule is COC(=O)CCCC(C)(C)c1ccc(O)c(C(=O)c2ccccc2)c1. The van der Waals surface area contributed by atoms with E-state index >= 15 is 0 Å². The lowest BCUT2D eigenvalue weighted by molar-refractivity contribution is -0.140. The number of ketones is 1. The zero-order chi connectivity index (χ0) is 18.4. The summed E-state index contributed by atoms with van der Waals surface area (Å²) < 4.78 is 4.67. The van der Waals surface area contributed by atoms with Crippen molar-refractivity contribution in [3.63, 3.8) is 0 Å². The number of carbonyl (C=O) groups is 2. The van der Waals surface area contributed by atoms with Gasteiger partial charge in [0, 0.05) is 12.0 Å². The van der Waals surface area contributed by atoms with Crippen molar-refractivity contribution >= 4 is 11.8 Å². The minimum Gasteiger partial charge on any atom is -0.507 e.